The lowest BCUT2D eigenvalue weighted by molar-refractivity contribution is 1.16. The van der Waals surface area contributed by atoms with Crippen LogP contribution in [0.2, 0.25) is 0 Å². The van der Waals surface area contributed by atoms with Crippen LogP contribution >= 0.6 is 0 Å². The largest absolute Gasteiger partial charge is 0.0958 e. The van der Waals surface area contributed by atoms with Crippen molar-refractivity contribution in [3.05, 3.63) is 77.9 Å². The van der Waals surface area contributed by atoms with E-state index in [-0.39, 0.29) is 0 Å². The van der Waals surface area contributed by atoms with Gasteiger partial charge in [-0.2, -0.15) is 0 Å². The highest BCUT2D eigenvalue weighted by Crippen LogP contribution is 2.08. The summed E-state index contributed by atoms with van der Waals surface area (Å²) in [6.07, 6.45) is 9.08. The molecule has 88 valence electrons. The zero-order valence-electron chi connectivity index (χ0n) is 10.7. The Morgan fingerprint density at radius 1 is 1.06 bits per heavy atom. The van der Waals surface area contributed by atoms with Crippen molar-refractivity contribution >= 4 is 6.08 Å². The second-order valence-corrected chi connectivity index (χ2v) is 4.16. The number of hydrogen-bond acceptors (Lipinski definition) is 0. The Morgan fingerprint density at radius 3 is 2.29 bits per heavy atom. The molecule has 0 saturated heterocycles. The molecule has 0 aliphatic heterocycles. The number of benzene rings is 1. The lowest BCUT2D eigenvalue weighted by atomic mass is 10.1. The Balaban J connectivity index is 2.59. The molecule has 0 amide bonds. The minimum atomic E-state index is 0.978. The van der Waals surface area contributed by atoms with Crippen molar-refractivity contribution in [2.24, 2.45) is 0 Å². The molecule has 1 aromatic carbocycles. The zero-order valence-corrected chi connectivity index (χ0v) is 10.7. The monoisotopic (exact) mass is 224 g/mol. The number of aryl methyl sites for hydroxylation is 1. The van der Waals surface area contributed by atoms with E-state index < -0.39 is 0 Å². The van der Waals surface area contributed by atoms with Crippen molar-refractivity contribution in [3.8, 4) is 0 Å². The molecular weight excluding hydrogens is 204 g/mol. The highest BCUT2D eigenvalue weighted by Gasteiger charge is 1.87. The van der Waals surface area contributed by atoms with Crippen LogP contribution in [0.5, 0.6) is 0 Å². The van der Waals surface area contributed by atoms with E-state index in [1.54, 1.807) is 0 Å². The first-order chi connectivity index (χ1) is 8.11. The normalized spacial score (nSPS) is 11.2. The minimum Gasteiger partial charge on any atom is -0.0958 e. The van der Waals surface area contributed by atoms with Crippen LogP contribution in [0.3, 0.4) is 0 Å². The Labute approximate surface area is 105 Å². The number of hydrogen-bond donors (Lipinski definition) is 0. The third-order valence-corrected chi connectivity index (χ3v) is 2.55. The lowest BCUT2D eigenvalue weighted by Crippen LogP contribution is -1.75. The Hall–Kier alpha value is -1.82. The zero-order chi connectivity index (χ0) is 12.7. The molecule has 0 nitrogen and oxygen atoms in total. The van der Waals surface area contributed by atoms with Gasteiger partial charge in [0, 0.05) is 0 Å². The van der Waals surface area contributed by atoms with E-state index in [1.807, 2.05) is 18.2 Å². The summed E-state index contributed by atoms with van der Waals surface area (Å²) in [4.78, 5) is 0. The fraction of sp³-hybridized carbons (Fsp3) is 0.176. The van der Waals surface area contributed by atoms with E-state index in [4.69, 9.17) is 0 Å². The second kappa shape index (κ2) is 6.70. The molecular formula is C17H20. The lowest BCUT2D eigenvalue weighted by Gasteiger charge is -1.95. The topological polar surface area (TPSA) is 0 Å². The van der Waals surface area contributed by atoms with E-state index in [0.717, 1.165) is 17.6 Å². The van der Waals surface area contributed by atoms with Gasteiger partial charge in [0.2, 0.25) is 0 Å². The van der Waals surface area contributed by atoms with Crippen molar-refractivity contribution in [1.82, 2.24) is 0 Å². The Morgan fingerprint density at radius 2 is 1.71 bits per heavy atom. The van der Waals surface area contributed by atoms with Gasteiger partial charge in [-0.05, 0) is 24.5 Å². The summed E-state index contributed by atoms with van der Waals surface area (Å²) >= 11 is 0. The SMILES string of the molecule is C=C(/C=C\C(=C)CC)/C=C/c1ccc(C)cc1. The molecule has 0 saturated carbocycles. The second-order valence-electron chi connectivity index (χ2n) is 4.16. The summed E-state index contributed by atoms with van der Waals surface area (Å²) in [6, 6.07) is 8.43. The van der Waals surface area contributed by atoms with Gasteiger partial charge in [-0.15, -0.1) is 0 Å². The predicted molar refractivity (Wildman–Crippen MR) is 77.9 cm³/mol. The number of rotatable bonds is 5. The average molecular weight is 224 g/mol. The first-order valence-electron chi connectivity index (χ1n) is 5.91. The van der Waals surface area contributed by atoms with Gasteiger partial charge in [0.1, 0.15) is 0 Å². The Kier molecular flexibility index (Phi) is 5.22. The molecule has 0 aliphatic rings. The van der Waals surface area contributed by atoms with Gasteiger partial charge < -0.3 is 0 Å². The van der Waals surface area contributed by atoms with Crippen molar-refractivity contribution < 1.29 is 0 Å². The fourth-order valence-corrected chi connectivity index (χ4v) is 1.28. The first kappa shape index (κ1) is 13.2. The van der Waals surface area contributed by atoms with Crippen LogP contribution in [0.25, 0.3) is 6.08 Å². The Bertz CT molecular complexity index is 441. The molecule has 1 aromatic rings. The van der Waals surface area contributed by atoms with E-state index >= 15 is 0 Å². The third-order valence-electron chi connectivity index (χ3n) is 2.55. The van der Waals surface area contributed by atoms with Crippen molar-refractivity contribution in [3.63, 3.8) is 0 Å². The number of allylic oxidation sites excluding steroid dienone is 5. The highest BCUT2D eigenvalue weighted by atomic mass is 13.9. The molecule has 0 aliphatic carbocycles. The fourth-order valence-electron chi connectivity index (χ4n) is 1.28. The van der Waals surface area contributed by atoms with Gasteiger partial charge >= 0.3 is 0 Å². The molecule has 0 N–H and O–H groups in total. The van der Waals surface area contributed by atoms with Gasteiger partial charge in [-0.1, -0.05) is 79.8 Å². The van der Waals surface area contributed by atoms with Crippen LogP contribution in [0.15, 0.2) is 66.8 Å². The van der Waals surface area contributed by atoms with Gasteiger partial charge in [-0.3, -0.25) is 0 Å². The molecule has 0 spiro atoms. The maximum Gasteiger partial charge on any atom is -0.0256 e. The average Bonchev–Trinajstić information content (AvgIpc) is 2.35. The molecule has 17 heavy (non-hydrogen) atoms. The highest BCUT2D eigenvalue weighted by molar-refractivity contribution is 5.54. The summed E-state index contributed by atoms with van der Waals surface area (Å²) in [5.41, 5.74) is 4.58. The van der Waals surface area contributed by atoms with Crippen LogP contribution in [-0.2, 0) is 0 Å². The molecule has 0 bridgehead atoms. The van der Waals surface area contributed by atoms with E-state index in [1.165, 1.54) is 11.1 Å². The maximum absolute atomic E-state index is 3.98. The third kappa shape index (κ3) is 5.17. The van der Waals surface area contributed by atoms with Crippen LogP contribution in [0.1, 0.15) is 24.5 Å². The van der Waals surface area contributed by atoms with Crippen molar-refractivity contribution in [2.45, 2.75) is 20.3 Å². The summed E-state index contributed by atoms with van der Waals surface area (Å²) in [5.74, 6) is 0. The standard InChI is InChI=1S/C17H20/c1-5-14(2)6-7-15(3)8-11-17-12-9-16(4)10-13-17/h6-13H,2-3,5H2,1,4H3/b7-6-,11-8+. The van der Waals surface area contributed by atoms with Crippen LogP contribution in [0.4, 0.5) is 0 Å². The van der Waals surface area contributed by atoms with Gasteiger partial charge in [0.15, 0.2) is 0 Å². The quantitative estimate of drug-likeness (QED) is 0.611. The maximum atomic E-state index is 3.98. The molecule has 0 radical (unpaired) electrons. The molecule has 0 unspecified atom stereocenters. The minimum absolute atomic E-state index is 0.978. The van der Waals surface area contributed by atoms with E-state index in [0.29, 0.717) is 0 Å². The summed E-state index contributed by atoms with van der Waals surface area (Å²) < 4.78 is 0. The van der Waals surface area contributed by atoms with E-state index in [9.17, 15) is 0 Å². The molecule has 0 heterocycles. The molecule has 0 heteroatoms. The molecule has 0 aromatic heterocycles. The van der Waals surface area contributed by atoms with Gasteiger partial charge in [0.05, 0.1) is 0 Å². The molecule has 1 rings (SSSR count). The first-order valence-corrected chi connectivity index (χ1v) is 5.91. The van der Waals surface area contributed by atoms with Crippen LogP contribution in [0, 0.1) is 6.92 Å². The molecule has 0 atom stereocenters. The van der Waals surface area contributed by atoms with Gasteiger partial charge in [0.25, 0.3) is 0 Å². The summed E-state index contributed by atoms with van der Waals surface area (Å²) in [6.45, 7) is 12.1. The van der Waals surface area contributed by atoms with Crippen molar-refractivity contribution in [1.29, 1.82) is 0 Å². The summed E-state index contributed by atoms with van der Waals surface area (Å²) in [7, 11) is 0. The van der Waals surface area contributed by atoms with Crippen molar-refractivity contribution in [2.75, 3.05) is 0 Å². The smallest absolute Gasteiger partial charge is 0.0256 e. The molecule has 0 fully saturated rings. The van der Waals surface area contributed by atoms with Crippen LogP contribution < -0.4 is 0 Å². The van der Waals surface area contributed by atoms with E-state index in [2.05, 4.69) is 57.3 Å². The van der Waals surface area contributed by atoms with Gasteiger partial charge in [-0.25, -0.2) is 0 Å². The summed E-state index contributed by atoms with van der Waals surface area (Å²) in [5, 5.41) is 0. The van der Waals surface area contributed by atoms with Crippen LogP contribution in [-0.4, -0.2) is 0 Å². The predicted octanol–water partition coefficient (Wildman–Crippen LogP) is 5.09.